The highest BCUT2D eigenvalue weighted by Gasteiger charge is 2.45. The fraction of sp³-hybridized carbons (Fsp3) is 0.688. The Morgan fingerprint density at radius 1 is 1.22 bits per heavy atom. The molecule has 0 bridgehead atoms. The maximum atomic E-state index is 12.7. The molecule has 0 aliphatic carbocycles. The maximum absolute atomic E-state index is 12.7. The van der Waals surface area contributed by atoms with Gasteiger partial charge < -0.3 is 49.7 Å². The normalized spacial score (nSPS) is 25.2. The third kappa shape index (κ3) is 8.33. The molecule has 8 atom stereocenters. The fourth-order valence-corrected chi connectivity index (χ4v) is 5.10. The van der Waals surface area contributed by atoms with E-state index in [9.17, 15) is 49.0 Å². The van der Waals surface area contributed by atoms with Gasteiger partial charge in [-0.15, -0.1) is 0 Å². The summed E-state index contributed by atoms with van der Waals surface area (Å²) in [6, 6.07) is 0. The second-order valence-corrected chi connectivity index (χ2v) is 10.8. The second-order valence-electron chi connectivity index (χ2n) is 7.81. The van der Waals surface area contributed by atoms with Crippen LogP contribution in [0, 0.1) is 6.92 Å². The lowest BCUT2D eigenvalue weighted by atomic mass is 10.0. The number of nitrogens with one attached hydrogen (secondary N) is 1. The molecule has 1 aromatic rings. The SMILES string of the molecule is Cc1cn([C@H]2CC(O)[C@@H](COP(=O)(OC(=O)[C@H](O)[C@@H](O)[C@H](O)[C@H](O)CO)OP(=O)(O)O)O2)c(=O)[nH]c1=O. The third-order valence-electron chi connectivity index (χ3n) is 4.96. The van der Waals surface area contributed by atoms with Crippen LogP contribution >= 0.6 is 15.6 Å². The highest BCUT2D eigenvalue weighted by Crippen LogP contribution is 2.61. The average molecular weight is 580 g/mol. The number of aromatic nitrogens is 2. The first-order chi connectivity index (χ1) is 17.0. The summed E-state index contributed by atoms with van der Waals surface area (Å²) in [6.45, 7) is -0.734. The molecular weight excluding hydrogens is 554 g/mol. The number of aryl methyl sites for hydroxylation is 1. The maximum Gasteiger partial charge on any atom is 0.541 e. The molecule has 1 aliphatic heterocycles. The molecule has 37 heavy (non-hydrogen) atoms. The van der Waals surface area contributed by atoms with Crippen LogP contribution in [0.3, 0.4) is 0 Å². The van der Waals surface area contributed by atoms with E-state index in [4.69, 9.17) is 19.6 Å². The summed E-state index contributed by atoms with van der Waals surface area (Å²) in [5.74, 6) is -2.09. The highest BCUT2D eigenvalue weighted by molar-refractivity contribution is 7.61. The first-order valence-corrected chi connectivity index (χ1v) is 13.2. The van der Waals surface area contributed by atoms with Crippen molar-refractivity contribution < 1.29 is 72.4 Å². The van der Waals surface area contributed by atoms with Gasteiger partial charge in [0.1, 0.15) is 30.6 Å². The summed E-state index contributed by atoms with van der Waals surface area (Å²) in [6.07, 6.45) is -12.8. The lowest BCUT2D eigenvalue weighted by Crippen LogP contribution is -2.49. The van der Waals surface area contributed by atoms with Crippen molar-refractivity contribution in [1.82, 2.24) is 9.55 Å². The number of hydrogen-bond acceptors (Lipinski definition) is 15. The number of nitrogens with zero attached hydrogens (tertiary/aromatic N) is 1. The third-order valence-corrected chi connectivity index (χ3v) is 7.48. The molecule has 0 spiro atoms. The van der Waals surface area contributed by atoms with Crippen molar-refractivity contribution in [2.45, 2.75) is 56.2 Å². The molecule has 9 N–H and O–H groups in total. The van der Waals surface area contributed by atoms with Crippen LogP contribution in [0.25, 0.3) is 0 Å². The molecule has 21 heteroatoms. The lowest BCUT2D eigenvalue weighted by molar-refractivity contribution is -0.163. The van der Waals surface area contributed by atoms with Gasteiger partial charge in [-0.05, 0) is 6.92 Å². The Morgan fingerprint density at radius 2 is 1.84 bits per heavy atom. The molecule has 0 radical (unpaired) electrons. The molecule has 1 fully saturated rings. The zero-order chi connectivity index (χ0) is 28.3. The minimum Gasteiger partial charge on any atom is -0.394 e. The van der Waals surface area contributed by atoms with E-state index in [1.54, 1.807) is 0 Å². The van der Waals surface area contributed by atoms with Crippen LogP contribution in [-0.4, -0.2) is 106 Å². The number of aliphatic hydroxyl groups is 6. The molecule has 0 saturated carbocycles. The van der Waals surface area contributed by atoms with Gasteiger partial charge in [0, 0.05) is 18.2 Å². The Balaban J connectivity index is 2.15. The number of carbonyl (C=O) groups excluding carboxylic acids is 1. The molecule has 1 aliphatic rings. The van der Waals surface area contributed by atoms with Gasteiger partial charge in [-0.2, -0.15) is 4.31 Å². The number of carbonyl (C=O) groups is 1. The van der Waals surface area contributed by atoms with Crippen molar-refractivity contribution in [2.24, 2.45) is 0 Å². The summed E-state index contributed by atoms with van der Waals surface area (Å²) in [7, 11) is -11.3. The van der Waals surface area contributed by atoms with E-state index in [2.05, 4.69) is 13.4 Å². The zero-order valence-corrected chi connectivity index (χ0v) is 20.6. The standard InChI is InChI=1S/C16H26N2O17P2/c1-6-3-18(16(27)17-14(6)25)10-2-7(20)9(33-10)5-32-37(31,35-36(28,29)30)34-15(26)13(24)12(23)11(22)8(21)4-19/h3,7-13,19-24H,2,4-5H2,1H3,(H,17,25,27)(H2,28,29,30)/t7?,8-,9-,10-,11-,12+,13-,37?/m1/s1. The first kappa shape index (κ1) is 31.4. The van der Waals surface area contributed by atoms with Gasteiger partial charge >= 0.3 is 27.3 Å². The van der Waals surface area contributed by atoms with Crippen molar-refractivity contribution in [2.75, 3.05) is 13.2 Å². The van der Waals surface area contributed by atoms with Crippen LogP contribution in [0.5, 0.6) is 0 Å². The number of aromatic amines is 1. The molecule has 2 rings (SSSR count). The topological polar surface area (TPSA) is 305 Å². The molecule has 1 saturated heterocycles. The Hall–Kier alpha value is -1.83. The number of rotatable bonds is 12. The summed E-state index contributed by atoms with van der Waals surface area (Å²) in [4.78, 5) is 55.7. The number of phosphoric acid groups is 2. The predicted octanol–water partition coefficient (Wildman–Crippen LogP) is -4.29. The molecule has 19 nitrogen and oxygen atoms in total. The van der Waals surface area contributed by atoms with E-state index >= 15 is 0 Å². The van der Waals surface area contributed by atoms with Crippen LogP contribution in [0.2, 0.25) is 0 Å². The monoisotopic (exact) mass is 580 g/mol. The van der Waals surface area contributed by atoms with Crippen molar-refractivity contribution in [3.05, 3.63) is 32.6 Å². The zero-order valence-electron chi connectivity index (χ0n) is 18.8. The van der Waals surface area contributed by atoms with Crippen molar-refractivity contribution in [3.63, 3.8) is 0 Å². The van der Waals surface area contributed by atoms with Gasteiger partial charge in [0.25, 0.3) is 5.56 Å². The van der Waals surface area contributed by atoms with Crippen molar-refractivity contribution in [3.8, 4) is 0 Å². The lowest BCUT2D eigenvalue weighted by Gasteiger charge is -2.26. The second kappa shape index (κ2) is 12.4. The Kier molecular flexibility index (Phi) is 10.5. The molecule has 0 amide bonds. The molecular formula is C16H26N2O17P2. The number of ether oxygens (including phenoxy) is 1. The minimum absolute atomic E-state index is 0.126. The Bertz CT molecular complexity index is 1160. The molecule has 212 valence electrons. The summed E-state index contributed by atoms with van der Waals surface area (Å²) >= 11 is 0. The first-order valence-electron chi connectivity index (χ1n) is 10.2. The Labute approximate surface area is 206 Å². The molecule has 2 unspecified atom stereocenters. The van der Waals surface area contributed by atoms with E-state index in [-0.39, 0.29) is 12.0 Å². The largest absolute Gasteiger partial charge is 0.541 e. The van der Waals surface area contributed by atoms with Crippen LogP contribution in [0.1, 0.15) is 18.2 Å². The number of aliphatic hydroxyl groups excluding tert-OH is 6. The Morgan fingerprint density at radius 3 is 2.41 bits per heavy atom. The van der Waals surface area contributed by atoms with E-state index < -0.39 is 88.9 Å². The van der Waals surface area contributed by atoms with Crippen LogP contribution in [0.15, 0.2) is 15.8 Å². The van der Waals surface area contributed by atoms with E-state index in [0.717, 1.165) is 10.8 Å². The van der Waals surface area contributed by atoms with Crippen LogP contribution < -0.4 is 11.2 Å². The average Bonchev–Trinajstić information content (AvgIpc) is 3.16. The van der Waals surface area contributed by atoms with Gasteiger partial charge in [-0.25, -0.2) is 18.7 Å². The van der Waals surface area contributed by atoms with Crippen LogP contribution in [-0.2, 0) is 32.0 Å². The molecule has 1 aromatic heterocycles. The van der Waals surface area contributed by atoms with Gasteiger partial charge in [0.15, 0.2) is 6.10 Å². The number of phosphoric ester groups is 1. The fourth-order valence-electron chi connectivity index (χ4n) is 3.02. The van der Waals surface area contributed by atoms with E-state index in [1.165, 1.54) is 6.92 Å². The van der Waals surface area contributed by atoms with E-state index in [1.807, 2.05) is 4.98 Å². The van der Waals surface area contributed by atoms with Gasteiger partial charge in [0.05, 0.1) is 19.3 Å². The van der Waals surface area contributed by atoms with Gasteiger partial charge in [0.2, 0.25) is 0 Å². The van der Waals surface area contributed by atoms with Crippen molar-refractivity contribution in [1.29, 1.82) is 0 Å². The molecule has 2 heterocycles. The van der Waals surface area contributed by atoms with Gasteiger partial charge in [-0.3, -0.25) is 18.9 Å². The summed E-state index contributed by atoms with van der Waals surface area (Å²) < 4.78 is 43.0. The van der Waals surface area contributed by atoms with Crippen molar-refractivity contribution >= 4 is 21.6 Å². The summed E-state index contributed by atoms with van der Waals surface area (Å²) in [5.41, 5.74) is -1.43. The number of hydrogen-bond donors (Lipinski definition) is 9. The molecule has 0 aromatic carbocycles. The van der Waals surface area contributed by atoms with E-state index in [0.29, 0.717) is 0 Å². The summed E-state index contributed by atoms with van der Waals surface area (Å²) in [5, 5.41) is 57.3. The smallest absolute Gasteiger partial charge is 0.394 e. The predicted molar refractivity (Wildman–Crippen MR) is 114 cm³/mol. The minimum atomic E-state index is -5.70. The highest BCUT2D eigenvalue weighted by atomic mass is 31.3. The van der Waals surface area contributed by atoms with Crippen LogP contribution in [0.4, 0.5) is 0 Å². The van der Waals surface area contributed by atoms with Gasteiger partial charge in [-0.1, -0.05) is 0 Å². The quantitative estimate of drug-likeness (QED) is 0.106. The number of H-pyrrole nitrogens is 1.